The number of nitrogens with zero attached hydrogens (tertiary/aromatic N) is 2. The molecule has 4 rings (SSSR count). The highest BCUT2D eigenvalue weighted by Gasteiger charge is 2.22. The number of nitriles is 1. The standard InChI is InChI=1S/C26H26N2O2/c1-29-25-11-10-20(17-26(25)30-22-7-3-4-8-22)24(16-19-12-14-28-15-13-19)23-9-5-2-6-21(23)18-27/h2,5-6,9-15,17,22,24H,3-4,7-8,16H2,1H3. The van der Waals surface area contributed by atoms with Crippen LogP contribution >= 0.6 is 0 Å². The molecular weight excluding hydrogens is 372 g/mol. The van der Waals surface area contributed by atoms with Gasteiger partial charge in [0.15, 0.2) is 11.5 Å². The topological polar surface area (TPSA) is 55.1 Å². The molecule has 0 radical (unpaired) electrons. The summed E-state index contributed by atoms with van der Waals surface area (Å²) >= 11 is 0. The Morgan fingerprint density at radius 1 is 1.03 bits per heavy atom. The highest BCUT2D eigenvalue weighted by molar-refractivity contribution is 5.50. The number of ether oxygens (including phenoxy) is 2. The van der Waals surface area contributed by atoms with E-state index >= 15 is 0 Å². The molecule has 1 aliphatic carbocycles. The number of rotatable bonds is 7. The van der Waals surface area contributed by atoms with Crippen molar-refractivity contribution in [2.75, 3.05) is 7.11 Å². The Hall–Kier alpha value is -3.32. The second kappa shape index (κ2) is 9.45. The van der Waals surface area contributed by atoms with Gasteiger partial charge in [-0.05, 0) is 79.1 Å². The molecule has 1 atom stereocenters. The zero-order valence-electron chi connectivity index (χ0n) is 17.3. The molecular formula is C26H26N2O2. The van der Waals surface area contributed by atoms with Crippen molar-refractivity contribution in [1.29, 1.82) is 5.26 Å². The lowest BCUT2D eigenvalue weighted by molar-refractivity contribution is 0.200. The Balaban J connectivity index is 1.75. The number of hydrogen-bond acceptors (Lipinski definition) is 4. The molecule has 0 saturated heterocycles. The number of methoxy groups -OCH3 is 1. The van der Waals surface area contributed by atoms with Crippen molar-refractivity contribution < 1.29 is 9.47 Å². The highest BCUT2D eigenvalue weighted by atomic mass is 16.5. The average Bonchev–Trinajstić information content (AvgIpc) is 3.31. The average molecular weight is 399 g/mol. The van der Waals surface area contributed by atoms with Crippen molar-refractivity contribution in [3.8, 4) is 17.6 Å². The van der Waals surface area contributed by atoms with E-state index in [9.17, 15) is 5.26 Å². The lowest BCUT2D eigenvalue weighted by Crippen LogP contribution is -2.13. The molecule has 0 N–H and O–H groups in total. The first-order valence-electron chi connectivity index (χ1n) is 10.5. The maximum Gasteiger partial charge on any atom is 0.161 e. The minimum Gasteiger partial charge on any atom is -0.493 e. The van der Waals surface area contributed by atoms with Crippen LogP contribution in [0.2, 0.25) is 0 Å². The van der Waals surface area contributed by atoms with Gasteiger partial charge in [0.2, 0.25) is 0 Å². The molecule has 1 saturated carbocycles. The zero-order chi connectivity index (χ0) is 20.8. The third-order valence-electron chi connectivity index (χ3n) is 5.83. The predicted molar refractivity (Wildman–Crippen MR) is 117 cm³/mol. The first-order valence-corrected chi connectivity index (χ1v) is 10.5. The van der Waals surface area contributed by atoms with Gasteiger partial charge in [-0.25, -0.2) is 0 Å². The quantitative estimate of drug-likeness (QED) is 0.515. The first-order chi connectivity index (χ1) is 14.8. The van der Waals surface area contributed by atoms with Crippen LogP contribution in [0, 0.1) is 11.3 Å². The van der Waals surface area contributed by atoms with Crippen molar-refractivity contribution in [2.24, 2.45) is 0 Å². The zero-order valence-corrected chi connectivity index (χ0v) is 17.3. The molecule has 2 aromatic carbocycles. The molecule has 1 heterocycles. The van der Waals surface area contributed by atoms with Crippen LogP contribution in [0.15, 0.2) is 67.0 Å². The molecule has 1 aromatic heterocycles. The van der Waals surface area contributed by atoms with Gasteiger partial charge in [0.05, 0.1) is 24.8 Å². The molecule has 4 nitrogen and oxygen atoms in total. The second-order valence-electron chi connectivity index (χ2n) is 7.75. The monoisotopic (exact) mass is 398 g/mol. The number of benzene rings is 2. The minimum absolute atomic E-state index is 0.0279. The van der Waals surface area contributed by atoms with Crippen molar-refractivity contribution >= 4 is 0 Å². The van der Waals surface area contributed by atoms with Gasteiger partial charge in [-0.1, -0.05) is 24.3 Å². The minimum atomic E-state index is 0.0279. The number of hydrogen-bond donors (Lipinski definition) is 0. The molecule has 0 amide bonds. The Labute approximate surface area is 178 Å². The van der Waals surface area contributed by atoms with Gasteiger partial charge in [0, 0.05) is 18.3 Å². The van der Waals surface area contributed by atoms with Crippen LogP contribution < -0.4 is 9.47 Å². The van der Waals surface area contributed by atoms with Crippen LogP contribution in [-0.2, 0) is 6.42 Å². The van der Waals surface area contributed by atoms with Gasteiger partial charge in [-0.2, -0.15) is 5.26 Å². The molecule has 0 aliphatic heterocycles. The summed E-state index contributed by atoms with van der Waals surface area (Å²) in [5, 5.41) is 9.70. The summed E-state index contributed by atoms with van der Waals surface area (Å²) in [7, 11) is 1.68. The summed E-state index contributed by atoms with van der Waals surface area (Å²) in [5.41, 5.74) is 4.01. The van der Waals surface area contributed by atoms with E-state index in [0.29, 0.717) is 5.56 Å². The lowest BCUT2D eigenvalue weighted by atomic mass is 9.84. The van der Waals surface area contributed by atoms with E-state index in [1.165, 1.54) is 18.4 Å². The van der Waals surface area contributed by atoms with Gasteiger partial charge in [-0.15, -0.1) is 0 Å². The van der Waals surface area contributed by atoms with Crippen molar-refractivity contribution in [2.45, 2.75) is 44.1 Å². The Morgan fingerprint density at radius 2 is 1.80 bits per heavy atom. The van der Waals surface area contributed by atoms with Crippen molar-refractivity contribution in [3.63, 3.8) is 0 Å². The van der Waals surface area contributed by atoms with Gasteiger partial charge < -0.3 is 9.47 Å². The fourth-order valence-corrected chi connectivity index (χ4v) is 4.25. The highest BCUT2D eigenvalue weighted by Crippen LogP contribution is 2.38. The van der Waals surface area contributed by atoms with E-state index in [-0.39, 0.29) is 12.0 Å². The van der Waals surface area contributed by atoms with Crippen LogP contribution in [0.5, 0.6) is 11.5 Å². The second-order valence-corrected chi connectivity index (χ2v) is 7.75. The normalized spacial score (nSPS) is 14.8. The van der Waals surface area contributed by atoms with Crippen LogP contribution in [0.4, 0.5) is 0 Å². The van der Waals surface area contributed by atoms with E-state index < -0.39 is 0 Å². The fraction of sp³-hybridized carbons (Fsp3) is 0.308. The number of pyridine rings is 1. The molecule has 1 aliphatic rings. The molecule has 0 spiro atoms. The van der Waals surface area contributed by atoms with Crippen LogP contribution in [0.25, 0.3) is 0 Å². The van der Waals surface area contributed by atoms with E-state index in [4.69, 9.17) is 9.47 Å². The van der Waals surface area contributed by atoms with E-state index in [0.717, 1.165) is 41.9 Å². The largest absolute Gasteiger partial charge is 0.493 e. The van der Waals surface area contributed by atoms with Crippen molar-refractivity contribution in [3.05, 3.63) is 89.2 Å². The predicted octanol–water partition coefficient (Wildman–Crippen LogP) is 5.66. The molecule has 3 aromatic rings. The fourth-order valence-electron chi connectivity index (χ4n) is 4.25. The molecule has 30 heavy (non-hydrogen) atoms. The SMILES string of the molecule is COc1ccc(C(Cc2ccncc2)c2ccccc2C#N)cc1OC1CCCC1. The van der Waals surface area contributed by atoms with Gasteiger partial charge >= 0.3 is 0 Å². The molecule has 1 fully saturated rings. The van der Waals surface area contributed by atoms with E-state index in [1.807, 2.05) is 54.9 Å². The molecule has 4 heteroatoms. The summed E-state index contributed by atoms with van der Waals surface area (Å²) < 4.78 is 11.9. The van der Waals surface area contributed by atoms with Gasteiger partial charge in [0.1, 0.15) is 0 Å². The summed E-state index contributed by atoms with van der Waals surface area (Å²) in [5.74, 6) is 1.57. The Kier molecular flexibility index (Phi) is 6.29. The maximum absolute atomic E-state index is 9.70. The lowest BCUT2D eigenvalue weighted by Gasteiger charge is -2.22. The van der Waals surface area contributed by atoms with Gasteiger partial charge in [0.25, 0.3) is 0 Å². The molecule has 0 bridgehead atoms. The summed E-state index contributed by atoms with van der Waals surface area (Å²) in [6.45, 7) is 0. The van der Waals surface area contributed by atoms with E-state index in [1.54, 1.807) is 7.11 Å². The van der Waals surface area contributed by atoms with Crippen LogP contribution in [0.3, 0.4) is 0 Å². The Morgan fingerprint density at radius 3 is 2.53 bits per heavy atom. The van der Waals surface area contributed by atoms with Gasteiger partial charge in [-0.3, -0.25) is 4.98 Å². The van der Waals surface area contributed by atoms with E-state index in [2.05, 4.69) is 23.2 Å². The maximum atomic E-state index is 9.70. The van der Waals surface area contributed by atoms with Crippen LogP contribution in [-0.4, -0.2) is 18.2 Å². The van der Waals surface area contributed by atoms with Crippen LogP contribution in [0.1, 0.15) is 53.9 Å². The summed E-state index contributed by atoms with van der Waals surface area (Å²) in [4.78, 5) is 4.14. The number of aromatic nitrogens is 1. The molecule has 152 valence electrons. The Bertz CT molecular complexity index is 1020. The summed E-state index contributed by atoms with van der Waals surface area (Å²) in [6, 6.07) is 20.4. The summed E-state index contributed by atoms with van der Waals surface area (Å²) in [6.07, 6.45) is 9.25. The third-order valence-corrected chi connectivity index (χ3v) is 5.83. The first kappa shape index (κ1) is 20.0. The third kappa shape index (κ3) is 4.46. The smallest absolute Gasteiger partial charge is 0.161 e. The molecule has 1 unspecified atom stereocenters. The van der Waals surface area contributed by atoms with Crippen molar-refractivity contribution in [1.82, 2.24) is 4.98 Å².